The van der Waals surface area contributed by atoms with Crippen LogP contribution in [0.5, 0.6) is 0 Å². The first-order valence-corrected chi connectivity index (χ1v) is 8.45. The van der Waals surface area contributed by atoms with Crippen molar-refractivity contribution < 1.29 is 0 Å². The Morgan fingerprint density at radius 1 is 1.30 bits per heavy atom. The fraction of sp³-hybridized carbons (Fsp3) is 0.133. The summed E-state index contributed by atoms with van der Waals surface area (Å²) in [6, 6.07) is 12.2. The van der Waals surface area contributed by atoms with Crippen molar-refractivity contribution in [1.82, 2.24) is 0 Å². The van der Waals surface area contributed by atoms with Crippen LogP contribution in [0, 0.1) is 6.92 Å². The smallest absolute Gasteiger partial charge is 0.107 e. The lowest BCUT2D eigenvalue weighted by molar-refractivity contribution is 1.38. The monoisotopic (exact) mass is 366 g/mol. The first kappa shape index (κ1) is 15.4. The summed E-state index contributed by atoms with van der Waals surface area (Å²) in [6.45, 7) is 2.06. The molecule has 2 aromatic carbocycles. The number of rotatable bonds is 4. The molecule has 0 atom stereocenters. The Hall–Kier alpha value is -1.04. The van der Waals surface area contributed by atoms with Gasteiger partial charge >= 0.3 is 0 Å². The summed E-state index contributed by atoms with van der Waals surface area (Å²) in [6.07, 6.45) is 2.02. The number of thioether (sulfide) groups is 1. The highest BCUT2D eigenvalue weighted by Gasteiger charge is 2.11. The second-order valence-electron chi connectivity index (χ2n) is 4.39. The van der Waals surface area contributed by atoms with Gasteiger partial charge in [-0.1, -0.05) is 34.2 Å². The molecule has 3 N–H and O–H groups in total. The Morgan fingerprint density at radius 2 is 2.05 bits per heavy atom. The number of anilines is 2. The third kappa shape index (κ3) is 3.53. The van der Waals surface area contributed by atoms with E-state index < -0.39 is 0 Å². The summed E-state index contributed by atoms with van der Waals surface area (Å²) in [7, 11) is 0. The van der Waals surface area contributed by atoms with Gasteiger partial charge in [0.2, 0.25) is 0 Å². The first-order chi connectivity index (χ1) is 9.51. The lowest BCUT2D eigenvalue weighted by Crippen LogP contribution is -2.13. The van der Waals surface area contributed by atoms with Crippen molar-refractivity contribution >= 4 is 56.3 Å². The predicted octanol–water partition coefficient (Wildman–Crippen LogP) is 4.86. The van der Waals surface area contributed by atoms with Crippen LogP contribution in [0.4, 0.5) is 11.4 Å². The lowest BCUT2D eigenvalue weighted by atomic mass is 10.1. The van der Waals surface area contributed by atoms with E-state index in [0.29, 0.717) is 4.99 Å². The highest BCUT2D eigenvalue weighted by molar-refractivity contribution is 9.10. The molecule has 0 radical (unpaired) electrons. The van der Waals surface area contributed by atoms with E-state index in [1.165, 1.54) is 5.56 Å². The molecule has 0 heterocycles. The Bertz CT molecular complexity index is 636. The third-order valence-corrected chi connectivity index (χ3v) is 4.26. The highest BCUT2D eigenvalue weighted by atomic mass is 79.9. The molecule has 0 bridgehead atoms. The van der Waals surface area contributed by atoms with Crippen molar-refractivity contribution in [2.75, 3.05) is 11.6 Å². The van der Waals surface area contributed by atoms with E-state index in [1.54, 1.807) is 11.8 Å². The maximum absolute atomic E-state index is 5.87. The number of aryl methyl sites for hydroxylation is 1. The molecule has 2 nitrogen and oxygen atoms in total. The molecule has 0 aliphatic rings. The topological polar surface area (TPSA) is 38.0 Å². The zero-order chi connectivity index (χ0) is 14.7. The van der Waals surface area contributed by atoms with Crippen molar-refractivity contribution in [3.8, 4) is 0 Å². The van der Waals surface area contributed by atoms with Gasteiger partial charge in [-0.05, 0) is 49.1 Å². The second kappa shape index (κ2) is 6.61. The molecule has 2 rings (SSSR count). The maximum Gasteiger partial charge on any atom is 0.107 e. The minimum Gasteiger partial charge on any atom is -0.389 e. The largest absolute Gasteiger partial charge is 0.389 e. The molecule has 0 spiro atoms. The third-order valence-electron chi connectivity index (χ3n) is 2.81. The predicted molar refractivity (Wildman–Crippen MR) is 96.3 cm³/mol. The van der Waals surface area contributed by atoms with Crippen LogP contribution in [0.2, 0.25) is 0 Å². The van der Waals surface area contributed by atoms with Gasteiger partial charge in [0, 0.05) is 26.3 Å². The van der Waals surface area contributed by atoms with Crippen molar-refractivity contribution in [3.63, 3.8) is 0 Å². The summed E-state index contributed by atoms with van der Waals surface area (Å²) in [5, 5.41) is 3.40. The molecule has 0 amide bonds. The molecule has 0 saturated carbocycles. The first-order valence-electron chi connectivity index (χ1n) is 6.02. The minimum absolute atomic E-state index is 0.407. The normalized spacial score (nSPS) is 10.3. The van der Waals surface area contributed by atoms with E-state index in [0.717, 1.165) is 26.3 Å². The number of benzene rings is 2. The molecule has 20 heavy (non-hydrogen) atoms. The van der Waals surface area contributed by atoms with Crippen LogP contribution in [0.3, 0.4) is 0 Å². The number of nitrogens with two attached hydrogens (primary N) is 1. The molecule has 0 aliphatic carbocycles. The van der Waals surface area contributed by atoms with E-state index in [-0.39, 0.29) is 0 Å². The van der Waals surface area contributed by atoms with Gasteiger partial charge in [-0.15, -0.1) is 11.8 Å². The van der Waals surface area contributed by atoms with Crippen molar-refractivity contribution in [2.45, 2.75) is 11.8 Å². The number of halogens is 1. The zero-order valence-electron chi connectivity index (χ0n) is 11.2. The average Bonchev–Trinajstić information content (AvgIpc) is 2.36. The molecule has 104 valence electrons. The summed E-state index contributed by atoms with van der Waals surface area (Å²) in [5.74, 6) is 0. The van der Waals surface area contributed by atoms with Gasteiger partial charge in [-0.3, -0.25) is 0 Å². The van der Waals surface area contributed by atoms with E-state index >= 15 is 0 Å². The van der Waals surface area contributed by atoms with Crippen LogP contribution >= 0.6 is 39.9 Å². The van der Waals surface area contributed by atoms with Gasteiger partial charge in [0.25, 0.3) is 0 Å². The molecule has 0 aliphatic heterocycles. The maximum atomic E-state index is 5.87. The Morgan fingerprint density at radius 3 is 2.65 bits per heavy atom. The van der Waals surface area contributed by atoms with Crippen molar-refractivity contribution in [3.05, 3.63) is 52.0 Å². The quantitative estimate of drug-likeness (QED) is 0.598. The molecular formula is C15H15BrN2S2. The standard InChI is InChI=1S/C15H15BrN2S2/c1-9-6-10(16)8-11(7-9)18-12-4-3-5-13(20-2)14(12)15(17)19/h3-8,18H,1-2H3,(H2,17,19). The van der Waals surface area contributed by atoms with Gasteiger partial charge in [-0.25, -0.2) is 0 Å². The van der Waals surface area contributed by atoms with Gasteiger partial charge < -0.3 is 11.1 Å². The fourth-order valence-corrected chi connectivity index (χ4v) is 3.55. The molecule has 2 aromatic rings. The molecular weight excluding hydrogens is 352 g/mol. The van der Waals surface area contributed by atoms with Gasteiger partial charge in [0.15, 0.2) is 0 Å². The zero-order valence-corrected chi connectivity index (χ0v) is 14.5. The lowest BCUT2D eigenvalue weighted by Gasteiger charge is -2.15. The Labute approximate surface area is 137 Å². The van der Waals surface area contributed by atoms with E-state index in [9.17, 15) is 0 Å². The van der Waals surface area contributed by atoms with Crippen LogP contribution in [0.15, 0.2) is 45.8 Å². The molecule has 0 saturated heterocycles. The van der Waals surface area contributed by atoms with Crippen LogP contribution in [0.25, 0.3) is 0 Å². The molecule has 0 unspecified atom stereocenters. The Balaban J connectivity index is 2.45. The SMILES string of the molecule is CSc1cccc(Nc2cc(C)cc(Br)c2)c1C(N)=S. The van der Waals surface area contributed by atoms with E-state index in [4.69, 9.17) is 18.0 Å². The van der Waals surface area contributed by atoms with Crippen molar-refractivity contribution in [2.24, 2.45) is 5.73 Å². The van der Waals surface area contributed by atoms with Gasteiger partial charge in [-0.2, -0.15) is 0 Å². The van der Waals surface area contributed by atoms with E-state index in [1.807, 2.05) is 30.5 Å². The number of hydrogen-bond acceptors (Lipinski definition) is 3. The van der Waals surface area contributed by atoms with Crippen LogP contribution in [0.1, 0.15) is 11.1 Å². The van der Waals surface area contributed by atoms with Crippen LogP contribution < -0.4 is 11.1 Å². The Kier molecular flexibility index (Phi) is 5.07. The number of thiocarbonyl (C=S) groups is 1. The van der Waals surface area contributed by atoms with Gasteiger partial charge in [0.1, 0.15) is 4.99 Å². The van der Waals surface area contributed by atoms with E-state index in [2.05, 4.69) is 40.3 Å². The summed E-state index contributed by atoms with van der Waals surface area (Å²) in [4.78, 5) is 1.48. The van der Waals surface area contributed by atoms with Crippen LogP contribution in [-0.4, -0.2) is 11.2 Å². The van der Waals surface area contributed by atoms with Crippen LogP contribution in [-0.2, 0) is 0 Å². The summed E-state index contributed by atoms with van der Waals surface area (Å²) >= 11 is 10.3. The molecule has 0 fully saturated rings. The molecule has 0 aromatic heterocycles. The highest BCUT2D eigenvalue weighted by Crippen LogP contribution is 2.30. The summed E-state index contributed by atoms with van der Waals surface area (Å²) in [5.41, 5.74) is 9.89. The van der Waals surface area contributed by atoms with Gasteiger partial charge in [0.05, 0.1) is 0 Å². The second-order valence-corrected chi connectivity index (χ2v) is 6.59. The molecule has 5 heteroatoms. The van der Waals surface area contributed by atoms with Crippen molar-refractivity contribution in [1.29, 1.82) is 0 Å². The number of nitrogens with one attached hydrogen (secondary N) is 1. The summed E-state index contributed by atoms with van der Waals surface area (Å²) < 4.78 is 1.04. The minimum atomic E-state index is 0.407. The average molecular weight is 367 g/mol. The number of hydrogen-bond donors (Lipinski definition) is 2. The fourth-order valence-electron chi connectivity index (χ4n) is 2.02.